The van der Waals surface area contributed by atoms with Crippen molar-refractivity contribution in [3.63, 3.8) is 0 Å². The van der Waals surface area contributed by atoms with Gasteiger partial charge in [0.15, 0.2) is 5.82 Å². The number of aryl methyl sites for hydroxylation is 2. The molecular weight excluding hydrogens is 422 g/mol. The third-order valence-corrected chi connectivity index (χ3v) is 5.49. The summed E-state index contributed by atoms with van der Waals surface area (Å²) in [7, 11) is 0. The summed E-state index contributed by atoms with van der Waals surface area (Å²) in [5, 5.41) is 13.8. The normalized spacial score (nSPS) is 14.8. The van der Waals surface area contributed by atoms with Crippen molar-refractivity contribution in [3.8, 4) is 0 Å². The van der Waals surface area contributed by atoms with Gasteiger partial charge < -0.3 is 15.2 Å². The maximum absolute atomic E-state index is 12.6. The molecule has 1 aromatic carbocycles. The van der Waals surface area contributed by atoms with Crippen LogP contribution in [0.5, 0.6) is 0 Å². The molecule has 1 fully saturated rings. The molecular formula is C23H29N7O3. The zero-order valence-corrected chi connectivity index (χ0v) is 19.0. The molecule has 0 aliphatic carbocycles. The Hall–Kier alpha value is -3.50. The molecule has 0 spiro atoms. The Morgan fingerprint density at radius 1 is 0.970 bits per heavy atom. The fourth-order valence-corrected chi connectivity index (χ4v) is 3.85. The van der Waals surface area contributed by atoms with Gasteiger partial charge in [-0.3, -0.25) is 19.4 Å². The van der Waals surface area contributed by atoms with Gasteiger partial charge in [0.1, 0.15) is 11.6 Å². The number of piperazine rings is 1. The quantitative estimate of drug-likeness (QED) is 0.537. The molecule has 1 aliphatic rings. The zero-order chi connectivity index (χ0) is 23.2. The number of hydrogen-bond donors (Lipinski definition) is 2. The van der Waals surface area contributed by atoms with Crippen molar-refractivity contribution < 1.29 is 14.1 Å². The van der Waals surface area contributed by atoms with E-state index in [1.807, 2.05) is 12.1 Å². The fraction of sp³-hybridized carbons (Fsp3) is 0.391. The van der Waals surface area contributed by atoms with E-state index in [4.69, 9.17) is 4.52 Å². The lowest BCUT2D eigenvalue weighted by molar-refractivity contribution is -0.120. The third-order valence-electron chi connectivity index (χ3n) is 5.49. The number of rotatable bonds is 8. The molecule has 0 atom stereocenters. The van der Waals surface area contributed by atoms with E-state index in [1.165, 1.54) is 5.56 Å². The second-order valence-corrected chi connectivity index (χ2v) is 8.33. The van der Waals surface area contributed by atoms with E-state index >= 15 is 0 Å². The van der Waals surface area contributed by atoms with Crippen molar-refractivity contribution in [2.24, 2.45) is 0 Å². The Morgan fingerprint density at radius 2 is 1.67 bits per heavy atom. The standard InChI is InChI=1S/C23H29N7O3/c1-17-4-3-5-19(12-17)14-30-21(6-7-24-30)26-23(32)16-29-10-8-28(9-11-29)15-22(31)25-20-13-18(2)33-27-20/h3-7,12-13H,8-11,14-16H2,1-2H3,(H,26,32)(H,25,27,31). The van der Waals surface area contributed by atoms with Crippen molar-refractivity contribution in [2.45, 2.75) is 20.4 Å². The van der Waals surface area contributed by atoms with Crippen LogP contribution in [-0.4, -0.2) is 75.8 Å². The number of aromatic nitrogens is 3. The molecule has 1 aliphatic heterocycles. The van der Waals surface area contributed by atoms with E-state index in [0.29, 0.717) is 56.7 Å². The monoisotopic (exact) mass is 451 g/mol. The van der Waals surface area contributed by atoms with Crippen molar-refractivity contribution in [1.82, 2.24) is 24.7 Å². The van der Waals surface area contributed by atoms with Crippen LogP contribution in [-0.2, 0) is 16.1 Å². The Bertz CT molecular complexity index is 1100. The van der Waals surface area contributed by atoms with E-state index in [2.05, 4.69) is 49.7 Å². The summed E-state index contributed by atoms with van der Waals surface area (Å²) in [4.78, 5) is 29.0. The SMILES string of the molecule is Cc1cccc(Cn2nccc2NC(=O)CN2CCN(CC(=O)Nc3cc(C)on3)CC2)c1. The van der Waals surface area contributed by atoms with Gasteiger partial charge in [0.05, 0.1) is 25.8 Å². The van der Waals surface area contributed by atoms with Gasteiger partial charge in [-0.15, -0.1) is 0 Å². The summed E-state index contributed by atoms with van der Waals surface area (Å²) in [6, 6.07) is 11.7. The summed E-state index contributed by atoms with van der Waals surface area (Å²) in [5.74, 6) is 1.55. The van der Waals surface area contributed by atoms with Crippen LogP contribution < -0.4 is 10.6 Å². The van der Waals surface area contributed by atoms with Gasteiger partial charge in [-0.05, 0) is 19.4 Å². The molecule has 0 radical (unpaired) electrons. The molecule has 2 amide bonds. The molecule has 10 heteroatoms. The maximum atomic E-state index is 12.6. The highest BCUT2D eigenvalue weighted by Gasteiger charge is 2.21. The zero-order valence-electron chi connectivity index (χ0n) is 19.0. The van der Waals surface area contributed by atoms with E-state index in [9.17, 15) is 9.59 Å². The smallest absolute Gasteiger partial charge is 0.239 e. The van der Waals surface area contributed by atoms with E-state index in [0.717, 1.165) is 5.56 Å². The average molecular weight is 452 g/mol. The molecule has 0 unspecified atom stereocenters. The molecule has 1 saturated heterocycles. The van der Waals surface area contributed by atoms with Crippen LogP contribution >= 0.6 is 0 Å². The summed E-state index contributed by atoms with van der Waals surface area (Å²) >= 11 is 0. The van der Waals surface area contributed by atoms with Crippen molar-refractivity contribution in [2.75, 3.05) is 49.9 Å². The second-order valence-electron chi connectivity index (χ2n) is 8.33. The van der Waals surface area contributed by atoms with Gasteiger partial charge in [-0.2, -0.15) is 5.10 Å². The highest BCUT2D eigenvalue weighted by Crippen LogP contribution is 2.12. The van der Waals surface area contributed by atoms with Gasteiger partial charge in [0.25, 0.3) is 0 Å². The maximum Gasteiger partial charge on any atom is 0.239 e. The molecule has 2 aromatic heterocycles. The van der Waals surface area contributed by atoms with Gasteiger partial charge in [-0.1, -0.05) is 35.0 Å². The average Bonchev–Trinajstić information content (AvgIpc) is 3.38. The fourth-order valence-electron chi connectivity index (χ4n) is 3.85. The summed E-state index contributed by atoms with van der Waals surface area (Å²) in [6.45, 7) is 7.86. The molecule has 2 N–H and O–H groups in total. The largest absolute Gasteiger partial charge is 0.360 e. The van der Waals surface area contributed by atoms with Crippen LogP contribution in [0.3, 0.4) is 0 Å². The lowest BCUT2D eigenvalue weighted by Gasteiger charge is -2.33. The molecule has 0 saturated carbocycles. The number of nitrogens with one attached hydrogen (secondary N) is 2. The van der Waals surface area contributed by atoms with Gasteiger partial charge in [0.2, 0.25) is 11.8 Å². The molecule has 10 nitrogen and oxygen atoms in total. The first-order valence-electron chi connectivity index (χ1n) is 11.0. The van der Waals surface area contributed by atoms with Gasteiger partial charge >= 0.3 is 0 Å². The first-order valence-corrected chi connectivity index (χ1v) is 11.0. The lowest BCUT2D eigenvalue weighted by atomic mass is 10.1. The molecule has 33 heavy (non-hydrogen) atoms. The number of carbonyl (C=O) groups is 2. The van der Waals surface area contributed by atoms with Crippen LogP contribution in [0.2, 0.25) is 0 Å². The Labute approximate surface area is 192 Å². The predicted molar refractivity (Wildman–Crippen MR) is 124 cm³/mol. The molecule has 3 heterocycles. The molecule has 174 valence electrons. The predicted octanol–water partition coefficient (Wildman–Crippen LogP) is 1.73. The summed E-state index contributed by atoms with van der Waals surface area (Å²) < 4.78 is 6.75. The highest BCUT2D eigenvalue weighted by molar-refractivity contribution is 5.92. The van der Waals surface area contributed by atoms with Crippen LogP contribution in [0.4, 0.5) is 11.6 Å². The first-order chi connectivity index (χ1) is 15.9. The summed E-state index contributed by atoms with van der Waals surface area (Å²) in [5.41, 5.74) is 2.32. The van der Waals surface area contributed by atoms with E-state index in [-0.39, 0.29) is 18.4 Å². The molecule has 0 bridgehead atoms. The van der Waals surface area contributed by atoms with Crippen molar-refractivity contribution in [1.29, 1.82) is 0 Å². The number of anilines is 2. The minimum Gasteiger partial charge on any atom is -0.360 e. The Balaban J connectivity index is 1.21. The van der Waals surface area contributed by atoms with Crippen LogP contribution in [0.15, 0.2) is 47.1 Å². The van der Waals surface area contributed by atoms with Gasteiger partial charge in [-0.25, -0.2) is 4.68 Å². The van der Waals surface area contributed by atoms with E-state index < -0.39 is 0 Å². The first kappa shape index (κ1) is 22.7. The Kier molecular flexibility index (Phi) is 7.16. The number of carbonyl (C=O) groups excluding carboxylic acids is 2. The molecule has 4 rings (SSSR count). The minimum atomic E-state index is -0.128. The third kappa shape index (κ3) is 6.50. The molecule has 3 aromatic rings. The lowest BCUT2D eigenvalue weighted by Crippen LogP contribution is -2.50. The summed E-state index contributed by atoms with van der Waals surface area (Å²) in [6.07, 6.45) is 1.69. The second kappa shape index (κ2) is 10.4. The Morgan fingerprint density at radius 3 is 2.30 bits per heavy atom. The number of benzene rings is 1. The van der Waals surface area contributed by atoms with E-state index in [1.54, 1.807) is 29.9 Å². The highest BCUT2D eigenvalue weighted by atomic mass is 16.5. The van der Waals surface area contributed by atoms with Crippen molar-refractivity contribution in [3.05, 3.63) is 59.5 Å². The number of amides is 2. The van der Waals surface area contributed by atoms with Crippen molar-refractivity contribution >= 4 is 23.5 Å². The number of hydrogen-bond acceptors (Lipinski definition) is 7. The minimum absolute atomic E-state index is 0.0754. The number of nitrogens with zero attached hydrogens (tertiary/aromatic N) is 5. The van der Waals surface area contributed by atoms with Crippen LogP contribution in [0.25, 0.3) is 0 Å². The van der Waals surface area contributed by atoms with Crippen LogP contribution in [0.1, 0.15) is 16.9 Å². The van der Waals surface area contributed by atoms with Gasteiger partial charge in [0, 0.05) is 38.3 Å². The topological polar surface area (TPSA) is 109 Å². The van der Waals surface area contributed by atoms with Crippen LogP contribution in [0, 0.1) is 13.8 Å².